The molecule has 0 bridgehead atoms. The maximum atomic E-state index is 13.4. The fourth-order valence-corrected chi connectivity index (χ4v) is 4.30. The third-order valence-electron chi connectivity index (χ3n) is 5.63. The average molecular weight is 496 g/mol. The lowest BCUT2D eigenvalue weighted by atomic mass is 9.95. The first-order chi connectivity index (χ1) is 15.5. The molecule has 4 rings (SSSR count). The molecule has 1 aliphatic heterocycles. The Balaban J connectivity index is 1.60. The minimum absolute atomic E-state index is 0.375. The van der Waals surface area contributed by atoms with Gasteiger partial charge in [0.15, 0.2) is 6.10 Å². The van der Waals surface area contributed by atoms with Gasteiger partial charge in [-0.2, -0.15) is 0 Å². The number of anilines is 1. The van der Waals surface area contributed by atoms with Gasteiger partial charge in [0.1, 0.15) is 0 Å². The zero-order valence-corrected chi connectivity index (χ0v) is 19.8. The largest absolute Gasteiger partial charge is 0.449 e. The number of carbonyl (C=O) groups is 2. The van der Waals surface area contributed by atoms with Gasteiger partial charge in [-0.3, -0.25) is 14.7 Å². The maximum absolute atomic E-state index is 13.4. The number of hydrogen-bond acceptors (Lipinski definition) is 5. The second-order valence-corrected chi connectivity index (χ2v) is 8.91. The van der Waals surface area contributed by atoms with Crippen LogP contribution in [0.3, 0.4) is 0 Å². The number of amides is 1. The van der Waals surface area contributed by atoms with Crippen molar-refractivity contribution in [3.8, 4) is 0 Å². The zero-order chi connectivity index (χ0) is 22.7. The number of esters is 1. The monoisotopic (exact) mass is 495 g/mol. The van der Waals surface area contributed by atoms with E-state index in [4.69, 9.17) is 9.72 Å². The molecule has 1 aliphatic rings. The van der Waals surface area contributed by atoms with Crippen molar-refractivity contribution in [3.05, 3.63) is 69.8 Å². The van der Waals surface area contributed by atoms with Crippen LogP contribution in [0.4, 0.5) is 5.69 Å². The van der Waals surface area contributed by atoms with Crippen molar-refractivity contribution < 1.29 is 14.3 Å². The fraction of sp³-hybridized carbons (Fsp3) is 0.320. The van der Waals surface area contributed by atoms with Crippen LogP contribution in [-0.2, 0) is 22.5 Å². The molecular weight excluding hydrogens is 470 g/mol. The molecule has 7 heteroatoms. The smallest absolute Gasteiger partial charge is 0.339 e. The topological polar surface area (TPSA) is 71.5 Å². The number of aromatic nitrogens is 1. The number of carbonyl (C=O) groups excluding carboxylic acids is 2. The van der Waals surface area contributed by atoms with Crippen molar-refractivity contribution in [1.29, 1.82) is 0 Å². The molecule has 3 aromatic rings. The van der Waals surface area contributed by atoms with Gasteiger partial charge in [0.2, 0.25) is 0 Å². The van der Waals surface area contributed by atoms with Crippen molar-refractivity contribution in [2.45, 2.75) is 39.3 Å². The Morgan fingerprint density at radius 3 is 2.69 bits per heavy atom. The van der Waals surface area contributed by atoms with Gasteiger partial charge in [-0.1, -0.05) is 41.1 Å². The van der Waals surface area contributed by atoms with Crippen molar-refractivity contribution in [2.75, 3.05) is 18.4 Å². The Bertz CT molecular complexity index is 1150. The molecule has 1 unspecified atom stereocenters. The molecule has 0 aliphatic carbocycles. The summed E-state index contributed by atoms with van der Waals surface area (Å²) >= 11 is 3.37. The number of benzene rings is 2. The summed E-state index contributed by atoms with van der Waals surface area (Å²) in [5.74, 6) is -0.864. The molecule has 6 nitrogen and oxygen atoms in total. The molecule has 0 saturated heterocycles. The summed E-state index contributed by atoms with van der Waals surface area (Å²) in [6, 6.07) is 14.9. The summed E-state index contributed by atoms with van der Waals surface area (Å²) in [6.07, 6.45) is 0.896. The lowest BCUT2D eigenvalue weighted by Gasteiger charge is -2.29. The highest BCUT2D eigenvalue weighted by molar-refractivity contribution is 9.10. The van der Waals surface area contributed by atoms with Crippen LogP contribution >= 0.6 is 15.9 Å². The predicted octanol–water partition coefficient (Wildman–Crippen LogP) is 4.95. The number of ether oxygens (including phenoxy) is 1. The van der Waals surface area contributed by atoms with E-state index < -0.39 is 12.1 Å². The zero-order valence-electron chi connectivity index (χ0n) is 18.2. The maximum Gasteiger partial charge on any atom is 0.339 e. The standard InChI is InChI=1S/C25H26BrN3O3/c1-3-13-29-14-12-22-20(15-29)23(19-6-4-5-7-21(19)28-22)25(31)32-16(2)24(30)27-18-10-8-17(26)9-11-18/h4-11,16H,3,12-15H2,1-2H3,(H,27,30). The van der Waals surface area contributed by atoms with E-state index in [1.54, 1.807) is 19.1 Å². The Hall–Kier alpha value is -2.77. The Kier molecular flexibility index (Phi) is 6.86. The molecule has 166 valence electrons. The summed E-state index contributed by atoms with van der Waals surface area (Å²) in [7, 11) is 0. The van der Waals surface area contributed by atoms with E-state index in [9.17, 15) is 9.59 Å². The quantitative estimate of drug-likeness (QED) is 0.489. The lowest BCUT2D eigenvalue weighted by molar-refractivity contribution is -0.123. The van der Waals surface area contributed by atoms with Gasteiger partial charge < -0.3 is 10.1 Å². The van der Waals surface area contributed by atoms with Gasteiger partial charge in [-0.25, -0.2) is 4.79 Å². The number of para-hydroxylation sites is 1. The van der Waals surface area contributed by atoms with Gasteiger partial charge in [0.25, 0.3) is 5.91 Å². The predicted molar refractivity (Wildman–Crippen MR) is 129 cm³/mol. The third kappa shape index (κ3) is 4.84. The molecule has 2 heterocycles. The molecule has 1 N–H and O–H groups in total. The molecule has 2 aromatic carbocycles. The van der Waals surface area contributed by atoms with Crippen LogP contribution in [-0.4, -0.2) is 41.0 Å². The molecule has 0 spiro atoms. The first-order valence-electron chi connectivity index (χ1n) is 10.9. The average Bonchev–Trinajstić information content (AvgIpc) is 2.79. The van der Waals surface area contributed by atoms with Crippen molar-refractivity contribution in [3.63, 3.8) is 0 Å². The number of halogens is 1. The summed E-state index contributed by atoms with van der Waals surface area (Å²) in [5, 5.41) is 3.55. The van der Waals surface area contributed by atoms with Gasteiger partial charge in [0.05, 0.1) is 11.1 Å². The highest BCUT2D eigenvalue weighted by Crippen LogP contribution is 2.29. The number of hydrogen-bond donors (Lipinski definition) is 1. The second-order valence-electron chi connectivity index (χ2n) is 8.00. The molecule has 32 heavy (non-hydrogen) atoms. The van der Waals surface area contributed by atoms with Gasteiger partial charge in [0, 0.05) is 46.3 Å². The summed E-state index contributed by atoms with van der Waals surface area (Å²) < 4.78 is 6.58. The van der Waals surface area contributed by atoms with Crippen LogP contribution in [0.25, 0.3) is 10.9 Å². The van der Waals surface area contributed by atoms with E-state index in [0.29, 0.717) is 17.8 Å². The van der Waals surface area contributed by atoms with Crippen LogP contribution < -0.4 is 5.32 Å². The SMILES string of the molecule is CCCN1CCc2nc3ccccc3c(C(=O)OC(C)C(=O)Nc3ccc(Br)cc3)c2C1. The Labute approximate surface area is 196 Å². The summed E-state index contributed by atoms with van der Waals surface area (Å²) in [4.78, 5) is 33.1. The van der Waals surface area contributed by atoms with Crippen molar-refractivity contribution in [2.24, 2.45) is 0 Å². The van der Waals surface area contributed by atoms with E-state index in [2.05, 4.69) is 33.1 Å². The summed E-state index contributed by atoms with van der Waals surface area (Å²) in [6.45, 7) is 6.28. The molecule has 0 radical (unpaired) electrons. The number of pyridine rings is 1. The van der Waals surface area contributed by atoms with E-state index in [0.717, 1.165) is 52.6 Å². The fourth-order valence-electron chi connectivity index (χ4n) is 4.04. The van der Waals surface area contributed by atoms with E-state index in [-0.39, 0.29) is 5.91 Å². The van der Waals surface area contributed by atoms with Crippen LogP contribution in [0.1, 0.15) is 41.9 Å². The number of nitrogens with one attached hydrogen (secondary N) is 1. The van der Waals surface area contributed by atoms with Crippen LogP contribution in [0.2, 0.25) is 0 Å². The molecule has 0 saturated carbocycles. The van der Waals surface area contributed by atoms with Crippen LogP contribution in [0.15, 0.2) is 53.0 Å². The van der Waals surface area contributed by atoms with Gasteiger partial charge >= 0.3 is 5.97 Å². The molecular formula is C25H26BrN3O3. The highest BCUT2D eigenvalue weighted by atomic mass is 79.9. The first-order valence-corrected chi connectivity index (χ1v) is 11.7. The summed E-state index contributed by atoms with van der Waals surface area (Å²) in [5.41, 5.74) is 3.79. The van der Waals surface area contributed by atoms with Gasteiger partial charge in [-0.05, 0) is 50.2 Å². The lowest BCUT2D eigenvalue weighted by Crippen LogP contribution is -2.34. The molecule has 0 fully saturated rings. The molecule has 1 atom stereocenters. The number of nitrogens with zero attached hydrogens (tertiary/aromatic N) is 2. The van der Waals surface area contributed by atoms with E-state index in [1.807, 2.05) is 36.4 Å². The van der Waals surface area contributed by atoms with Crippen LogP contribution in [0.5, 0.6) is 0 Å². The first kappa shape index (κ1) is 22.4. The minimum Gasteiger partial charge on any atom is -0.449 e. The number of rotatable bonds is 6. The minimum atomic E-state index is -0.941. The second kappa shape index (κ2) is 9.79. The van der Waals surface area contributed by atoms with E-state index >= 15 is 0 Å². The Morgan fingerprint density at radius 1 is 1.19 bits per heavy atom. The van der Waals surface area contributed by atoms with Crippen molar-refractivity contribution >= 4 is 44.4 Å². The van der Waals surface area contributed by atoms with E-state index in [1.165, 1.54) is 0 Å². The molecule has 1 amide bonds. The van der Waals surface area contributed by atoms with Crippen LogP contribution in [0, 0.1) is 0 Å². The van der Waals surface area contributed by atoms with Gasteiger partial charge in [-0.15, -0.1) is 0 Å². The highest BCUT2D eigenvalue weighted by Gasteiger charge is 2.28. The normalized spacial score (nSPS) is 14.6. The number of fused-ring (bicyclic) bond motifs is 2. The third-order valence-corrected chi connectivity index (χ3v) is 6.16. The molecule has 1 aromatic heterocycles. The van der Waals surface area contributed by atoms with Crippen molar-refractivity contribution in [1.82, 2.24) is 9.88 Å². The Morgan fingerprint density at radius 2 is 1.94 bits per heavy atom.